The van der Waals surface area contributed by atoms with Crippen LogP contribution in [-0.2, 0) is 4.79 Å². The Hall–Kier alpha value is -1.07. The van der Waals surface area contributed by atoms with Crippen molar-refractivity contribution in [2.45, 2.75) is 12.8 Å². The first-order chi connectivity index (χ1) is 9.22. The molecule has 5 heteroatoms. The number of halogens is 1. The van der Waals surface area contributed by atoms with Crippen molar-refractivity contribution in [1.29, 1.82) is 0 Å². The molecule has 1 aromatic rings. The monoisotopic (exact) mass is 323 g/mol. The maximum absolute atomic E-state index is 11.8. The molecule has 2 aliphatic rings. The Balaban J connectivity index is 1.81. The van der Waals surface area contributed by atoms with Crippen molar-refractivity contribution in [3.8, 4) is 0 Å². The number of nitrogens with one attached hydrogen (secondary N) is 2. The van der Waals surface area contributed by atoms with E-state index in [2.05, 4.69) is 37.5 Å². The molecule has 0 radical (unpaired) electrons. The van der Waals surface area contributed by atoms with E-state index < -0.39 is 0 Å². The van der Waals surface area contributed by atoms with Crippen LogP contribution in [0.2, 0.25) is 0 Å². The fourth-order valence-corrected chi connectivity index (χ4v) is 3.21. The average Bonchev–Trinajstić information content (AvgIpc) is 2.41. The quantitative estimate of drug-likeness (QED) is 0.877. The van der Waals surface area contributed by atoms with E-state index in [4.69, 9.17) is 0 Å². The number of amides is 1. The van der Waals surface area contributed by atoms with E-state index in [1.807, 2.05) is 12.1 Å². The maximum atomic E-state index is 11.8. The number of piperidine rings is 1. The SMILES string of the molecule is O=C1CN(CC2CCNCC2)c2cc(Br)ccc2N1. The second kappa shape index (κ2) is 5.51. The molecule has 1 saturated heterocycles. The summed E-state index contributed by atoms with van der Waals surface area (Å²) in [6, 6.07) is 6.02. The number of carbonyl (C=O) groups is 1. The van der Waals surface area contributed by atoms with E-state index in [0.29, 0.717) is 12.5 Å². The number of anilines is 2. The van der Waals surface area contributed by atoms with E-state index in [9.17, 15) is 4.79 Å². The summed E-state index contributed by atoms with van der Waals surface area (Å²) in [4.78, 5) is 14.0. The summed E-state index contributed by atoms with van der Waals surface area (Å²) in [7, 11) is 0. The topological polar surface area (TPSA) is 44.4 Å². The Morgan fingerprint density at radius 3 is 2.89 bits per heavy atom. The maximum Gasteiger partial charge on any atom is 0.243 e. The lowest BCUT2D eigenvalue weighted by Gasteiger charge is -2.35. The Labute approximate surface area is 121 Å². The van der Waals surface area contributed by atoms with E-state index in [1.165, 1.54) is 12.8 Å². The summed E-state index contributed by atoms with van der Waals surface area (Å²) in [6.45, 7) is 3.62. The molecule has 0 unspecified atom stereocenters. The molecule has 0 spiro atoms. The predicted octanol–water partition coefficient (Wildman–Crippen LogP) is 2.21. The van der Waals surface area contributed by atoms with Crippen molar-refractivity contribution in [2.75, 3.05) is 36.4 Å². The van der Waals surface area contributed by atoms with E-state index in [-0.39, 0.29) is 5.91 Å². The smallest absolute Gasteiger partial charge is 0.243 e. The van der Waals surface area contributed by atoms with Gasteiger partial charge in [0.15, 0.2) is 0 Å². The van der Waals surface area contributed by atoms with Crippen molar-refractivity contribution in [2.24, 2.45) is 5.92 Å². The first kappa shape index (κ1) is 12.9. The van der Waals surface area contributed by atoms with Gasteiger partial charge in [-0.15, -0.1) is 0 Å². The van der Waals surface area contributed by atoms with Gasteiger partial charge in [0.1, 0.15) is 0 Å². The highest BCUT2D eigenvalue weighted by atomic mass is 79.9. The number of fused-ring (bicyclic) bond motifs is 1. The van der Waals surface area contributed by atoms with Gasteiger partial charge in [-0.05, 0) is 50.0 Å². The van der Waals surface area contributed by atoms with Gasteiger partial charge in [0.05, 0.1) is 17.9 Å². The molecule has 0 aromatic heterocycles. The molecule has 102 valence electrons. The second-order valence-electron chi connectivity index (χ2n) is 5.28. The van der Waals surface area contributed by atoms with Gasteiger partial charge in [-0.1, -0.05) is 15.9 Å². The third-order valence-electron chi connectivity index (χ3n) is 3.85. The van der Waals surface area contributed by atoms with Crippen molar-refractivity contribution in [1.82, 2.24) is 5.32 Å². The lowest BCUT2D eigenvalue weighted by molar-refractivity contribution is -0.115. The second-order valence-corrected chi connectivity index (χ2v) is 6.20. The minimum absolute atomic E-state index is 0.0868. The molecule has 2 N–H and O–H groups in total. The van der Waals surface area contributed by atoms with E-state index in [1.54, 1.807) is 0 Å². The number of hydrogen-bond donors (Lipinski definition) is 2. The van der Waals surface area contributed by atoms with Crippen molar-refractivity contribution in [3.63, 3.8) is 0 Å². The average molecular weight is 324 g/mol. The molecule has 0 bridgehead atoms. The molecule has 1 aromatic carbocycles. The number of benzene rings is 1. The van der Waals surface area contributed by atoms with Crippen LogP contribution in [0.5, 0.6) is 0 Å². The van der Waals surface area contributed by atoms with Crippen LogP contribution >= 0.6 is 15.9 Å². The van der Waals surface area contributed by atoms with Crippen LogP contribution in [0.1, 0.15) is 12.8 Å². The Bertz CT molecular complexity index is 486. The Kier molecular flexibility index (Phi) is 3.75. The largest absolute Gasteiger partial charge is 0.360 e. The van der Waals surface area contributed by atoms with Crippen LogP contribution in [0, 0.1) is 5.92 Å². The van der Waals surface area contributed by atoms with Crippen LogP contribution in [0.15, 0.2) is 22.7 Å². The molecule has 2 heterocycles. The fraction of sp³-hybridized carbons (Fsp3) is 0.500. The molecule has 1 amide bonds. The first-order valence-electron chi connectivity index (χ1n) is 6.77. The van der Waals surface area contributed by atoms with Gasteiger partial charge in [-0.2, -0.15) is 0 Å². The normalized spacial score (nSPS) is 20.1. The molecule has 19 heavy (non-hydrogen) atoms. The predicted molar refractivity (Wildman–Crippen MR) is 80.6 cm³/mol. The Morgan fingerprint density at radius 1 is 1.32 bits per heavy atom. The van der Waals surface area contributed by atoms with Crippen LogP contribution in [-0.4, -0.2) is 32.1 Å². The van der Waals surface area contributed by atoms with Crippen molar-refractivity contribution < 1.29 is 4.79 Å². The highest BCUT2D eigenvalue weighted by Crippen LogP contribution is 2.33. The number of carbonyl (C=O) groups excluding carboxylic acids is 1. The van der Waals surface area contributed by atoms with Gasteiger partial charge in [-0.3, -0.25) is 4.79 Å². The lowest BCUT2D eigenvalue weighted by atomic mass is 9.97. The van der Waals surface area contributed by atoms with Crippen LogP contribution in [0.4, 0.5) is 11.4 Å². The van der Waals surface area contributed by atoms with Gasteiger partial charge in [-0.25, -0.2) is 0 Å². The van der Waals surface area contributed by atoms with Gasteiger partial charge < -0.3 is 15.5 Å². The van der Waals surface area contributed by atoms with Gasteiger partial charge in [0.2, 0.25) is 5.91 Å². The number of rotatable bonds is 2. The fourth-order valence-electron chi connectivity index (χ4n) is 2.86. The zero-order chi connectivity index (χ0) is 13.2. The zero-order valence-corrected chi connectivity index (χ0v) is 12.4. The van der Waals surface area contributed by atoms with E-state index in [0.717, 1.165) is 35.5 Å². The summed E-state index contributed by atoms with van der Waals surface area (Å²) < 4.78 is 1.05. The van der Waals surface area contributed by atoms with Crippen molar-refractivity contribution in [3.05, 3.63) is 22.7 Å². The van der Waals surface area contributed by atoms with Crippen LogP contribution < -0.4 is 15.5 Å². The number of hydrogen-bond acceptors (Lipinski definition) is 3. The summed E-state index contributed by atoms with van der Waals surface area (Å²) in [5, 5.41) is 6.32. The molecule has 1 fully saturated rings. The summed E-state index contributed by atoms with van der Waals surface area (Å²) >= 11 is 3.51. The zero-order valence-electron chi connectivity index (χ0n) is 10.8. The molecule has 3 rings (SSSR count). The minimum Gasteiger partial charge on any atom is -0.360 e. The van der Waals surface area contributed by atoms with Crippen LogP contribution in [0.3, 0.4) is 0 Å². The first-order valence-corrected chi connectivity index (χ1v) is 7.57. The molecule has 0 saturated carbocycles. The minimum atomic E-state index is 0.0868. The summed E-state index contributed by atoms with van der Waals surface area (Å²) in [6.07, 6.45) is 2.39. The molecule has 4 nitrogen and oxygen atoms in total. The molecule has 0 aliphatic carbocycles. The van der Waals surface area contributed by atoms with Gasteiger partial charge in [0, 0.05) is 11.0 Å². The summed E-state index contributed by atoms with van der Waals surface area (Å²) in [5.41, 5.74) is 2.06. The standard InChI is InChI=1S/C14H18BrN3O/c15-11-1-2-12-13(7-11)18(9-14(19)17-12)8-10-3-5-16-6-4-10/h1-2,7,10,16H,3-6,8-9H2,(H,17,19). The molecular weight excluding hydrogens is 306 g/mol. The van der Waals surface area contributed by atoms with Crippen molar-refractivity contribution >= 4 is 33.2 Å². The van der Waals surface area contributed by atoms with E-state index >= 15 is 0 Å². The van der Waals surface area contributed by atoms with Crippen LogP contribution in [0.25, 0.3) is 0 Å². The highest BCUT2D eigenvalue weighted by molar-refractivity contribution is 9.10. The molecule has 0 atom stereocenters. The third-order valence-corrected chi connectivity index (χ3v) is 4.34. The third kappa shape index (κ3) is 2.92. The highest BCUT2D eigenvalue weighted by Gasteiger charge is 2.25. The summed E-state index contributed by atoms with van der Waals surface area (Å²) in [5.74, 6) is 0.766. The lowest BCUT2D eigenvalue weighted by Crippen LogP contribution is -2.43. The van der Waals surface area contributed by atoms with Gasteiger partial charge in [0.25, 0.3) is 0 Å². The van der Waals surface area contributed by atoms with Gasteiger partial charge >= 0.3 is 0 Å². The molecule has 2 aliphatic heterocycles. The number of nitrogens with zero attached hydrogens (tertiary/aromatic N) is 1. The molecular formula is C14H18BrN3O. The Morgan fingerprint density at radius 2 is 2.11 bits per heavy atom.